The van der Waals surface area contributed by atoms with Gasteiger partial charge < -0.3 is 10.2 Å². The molecule has 0 fully saturated rings. The number of hydrogen-bond donors (Lipinski definition) is 1. The average molecular weight is 516 g/mol. The number of nitrogens with zero attached hydrogens (tertiary/aromatic N) is 1. The van der Waals surface area contributed by atoms with Gasteiger partial charge >= 0.3 is 0 Å². The van der Waals surface area contributed by atoms with Crippen molar-refractivity contribution in [2.75, 3.05) is 5.75 Å². The molecule has 34 heavy (non-hydrogen) atoms. The van der Waals surface area contributed by atoms with E-state index in [1.165, 1.54) is 11.8 Å². The summed E-state index contributed by atoms with van der Waals surface area (Å²) < 4.78 is 0. The van der Waals surface area contributed by atoms with E-state index in [4.69, 9.17) is 23.2 Å². The number of halogens is 2. The van der Waals surface area contributed by atoms with Crippen LogP contribution >= 0.6 is 35.0 Å². The van der Waals surface area contributed by atoms with Crippen LogP contribution in [0.3, 0.4) is 0 Å². The zero-order chi connectivity index (χ0) is 24.5. The molecule has 1 unspecified atom stereocenters. The summed E-state index contributed by atoms with van der Waals surface area (Å²) >= 11 is 14.0. The van der Waals surface area contributed by atoms with Crippen molar-refractivity contribution in [1.29, 1.82) is 0 Å². The maximum atomic E-state index is 13.6. The number of carbonyl (C=O) groups is 2. The normalized spacial score (nSPS) is 11.8. The fraction of sp³-hybridized carbons (Fsp3) is 0.259. The molecule has 0 heterocycles. The summed E-state index contributed by atoms with van der Waals surface area (Å²) in [5, 5.41) is 3.97. The SMILES string of the molecule is CC(C)NC(=O)C(Cc1ccccc1)N(Cc1ccc(Cl)cc1Cl)C(=O)CSc1ccccc1. The molecule has 0 aliphatic rings. The maximum absolute atomic E-state index is 13.6. The molecule has 0 spiro atoms. The third-order valence-electron chi connectivity index (χ3n) is 5.16. The Morgan fingerprint density at radius 2 is 1.59 bits per heavy atom. The molecule has 0 aliphatic carbocycles. The Hall–Kier alpha value is -2.47. The largest absolute Gasteiger partial charge is 0.352 e. The standard InChI is InChI=1S/C27H28Cl2N2O2S/c1-19(2)30-27(33)25(15-20-9-5-3-6-10-20)31(17-21-13-14-22(28)16-24(21)29)26(32)18-34-23-11-7-4-8-12-23/h3-14,16,19,25H,15,17-18H2,1-2H3,(H,30,33). The summed E-state index contributed by atoms with van der Waals surface area (Å²) in [6, 6.07) is 23.9. The highest BCUT2D eigenvalue weighted by Gasteiger charge is 2.31. The third-order valence-corrected chi connectivity index (χ3v) is 6.75. The van der Waals surface area contributed by atoms with E-state index < -0.39 is 6.04 Å². The molecule has 178 valence electrons. The summed E-state index contributed by atoms with van der Waals surface area (Å²) in [5.41, 5.74) is 1.71. The van der Waals surface area contributed by atoms with E-state index in [9.17, 15) is 9.59 Å². The van der Waals surface area contributed by atoms with Gasteiger partial charge in [0.15, 0.2) is 0 Å². The molecule has 3 aromatic rings. The van der Waals surface area contributed by atoms with Crippen LogP contribution in [0.1, 0.15) is 25.0 Å². The second-order valence-electron chi connectivity index (χ2n) is 8.23. The Morgan fingerprint density at radius 1 is 0.941 bits per heavy atom. The van der Waals surface area contributed by atoms with Crippen molar-refractivity contribution in [2.24, 2.45) is 0 Å². The fourth-order valence-electron chi connectivity index (χ4n) is 3.51. The number of amides is 2. The molecular weight excluding hydrogens is 487 g/mol. The molecule has 0 radical (unpaired) electrons. The van der Waals surface area contributed by atoms with Crippen LogP contribution in [-0.4, -0.2) is 34.6 Å². The zero-order valence-electron chi connectivity index (χ0n) is 19.2. The van der Waals surface area contributed by atoms with E-state index in [-0.39, 0.29) is 30.2 Å². The van der Waals surface area contributed by atoms with Gasteiger partial charge in [0.25, 0.3) is 0 Å². The van der Waals surface area contributed by atoms with Crippen LogP contribution in [0, 0.1) is 0 Å². The quantitative estimate of drug-likeness (QED) is 0.325. The number of thioether (sulfide) groups is 1. The molecule has 0 aromatic heterocycles. The van der Waals surface area contributed by atoms with Gasteiger partial charge in [-0.3, -0.25) is 9.59 Å². The number of rotatable bonds is 10. The first-order chi connectivity index (χ1) is 16.3. The Bertz CT molecular complexity index is 1090. The first-order valence-corrected chi connectivity index (χ1v) is 12.8. The Morgan fingerprint density at radius 3 is 2.21 bits per heavy atom. The Labute approximate surface area is 215 Å². The maximum Gasteiger partial charge on any atom is 0.243 e. The molecule has 4 nitrogen and oxygen atoms in total. The lowest BCUT2D eigenvalue weighted by Crippen LogP contribution is -2.52. The molecule has 7 heteroatoms. The minimum absolute atomic E-state index is 0.0551. The number of carbonyl (C=O) groups excluding carboxylic acids is 2. The van der Waals surface area contributed by atoms with Crippen molar-refractivity contribution in [3.8, 4) is 0 Å². The van der Waals surface area contributed by atoms with Crippen molar-refractivity contribution in [3.63, 3.8) is 0 Å². The minimum atomic E-state index is -0.694. The zero-order valence-corrected chi connectivity index (χ0v) is 21.5. The van der Waals surface area contributed by atoms with Crippen LogP contribution < -0.4 is 5.32 Å². The Kier molecular flexibility index (Phi) is 9.87. The van der Waals surface area contributed by atoms with E-state index in [1.54, 1.807) is 23.1 Å². The van der Waals surface area contributed by atoms with Gasteiger partial charge in [0.1, 0.15) is 6.04 Å². The molecule has 0 saturated heterocycles. The van der Waals surface area contributed by atoms with Crippen molar-refractivity contribution in [1.82, 2.24) is 10.2 Å². The van der Waals surface area contributed by atoms with Crippen LogP contribution in [0.4, 0.5) is 0 Å². The lowest BCUT2D eigenvalue weighted by Gasteiger charge is -2.32. The van der Waals surface area contributed by atoms with Crippen molar-refractivity contribution in [3.05, 3.63) is 100 Å². The van der Waals surface area contributed by atoms with Gasteiger partial charge in [-0.1, -0.05) is 77.8 Å². The lowest BCUT2D eigenvalue weighted by atomic mass is 10.0. The fourth-order valence-corrected chi connectivity index (χ4v) is 4.79. The number of nitrogens with one attached hydrogen (secondary N) is 1. The minimum Gasteiger partial charge on any atom is -0.352 e. The second kappa shape index (κ2) is 12.8. The van der Waals surface area contributed by atoms with Crippen LogP contribution in [0.25, 0.3) is 0 Å². The smallest absolute Gasteiger partial charge is 0.243 e. The van der Waals surface area contributed by atoms with Gasteiger partial charge in [-0.25, -0.2) is 0 Å². The molecule has 1 N–H and O–H groups in total. The highest BCUT2D eigenvalue weighted by molar-refractivity contribution is 8.00. The highest BCUT2D eigenvalue weighted by Crippen LogP contribution is 2.25. The molecule has 0 saturated carbocycles. The summed E-state index contributed by atoms with van der Waals surface area (Å²) in [6.07, 6.45) is 0.395. The van der Waals surface area contributed by atoms with Gasteiger partial charge in [0.2, 0.25) is 11.8 Å². The van der Waals surface area contributed by atoms with Crippen molar-refractivity contribution in [2.45, 2.75) is 43.8 Å². The molecule has 0 aliphatic heterocycles. The molecule has 2 amide bonds. The van der Waals surface area contributed by atoms with Crippen molar-refractivity contribution < 1.29 is 9.59 Å². The monoisotopic (exact) mass is 514 g/mol. The number of hydrogen-bond acceptors (Lipinski definition) is 3. The topological polar surface area (TPSA) is 49.4 Å². The van der Waals surface area contributed by atoms with Crippen LogP contribution in [0.15, 0.2) is 83.8 Å². The van der Waals surface area contributed by atoms with E-state index in [1.807, 2.05) is 74.5 Å². The van der Waals surface area contributed by atoms with E-state index in [0.717, 1.165) is 16.0 Å². The molecule has 3 aromatic carbocycles. The number of benzene rings is 3. The summed E-state index contributed by atoms with van der Waals surface area (Å²) in [6.45, 7) is 4.02. The molecule has 0 bridgehead atoms. The van der Waals surface area contributed by atoms with Gasteiger partial charge in [-0.05, 0) is 49.2 Å². The van der Waals surface area contributed by atoms with Crippen LogP contribution in [0.5, 0.6) is 0 Å². The van der Waals surface area contributed by atoms with Gasteiger partial charge in [-0.2, -0.15) is 0 Å². The summed E-state index contributed by atoms with van der Waals surface area (Å²) in [7, 11) is 0. The summed E-state index contributed by atoms with van der Waals surface area (Å²) in [5.74, 6) is -0.128. The highest BCUT2D eigenvalue weighted by atomic mass is 35.5. The van der Waals surface area contributed by atoms with Gasteiger partial charge in [0, 0.05) is 33.9 Å². The Balaban J connectivity index is 1.93. The van der Waals surface area contributed by atoms with Gasteiger partial charge in [-0.15, -0.1) is 11.8 Å². The van der Waals surface area contributed by atoms with Crippen LogP contribution in [-0.2, 0) is 22.6 Å². The third kappa shape index (κ3) is 7.79. The summed E-state index contributed by atoms with van der Waals surface area (Å²) in [4.78, 5) is 29.5. The average Bonchev–Trinajstić information content (AvgIpc) is 2.82. The van der Waals surface area contributed by atoms with E-state index in [0.29, 0.717) is 16.5 Å². The first-order valence-electron chi connectivity index (χ1n) is 11.1. The molecule has 3 rings (SSSR count). The van der Waals surface area contributed by atoms with E-state index in [2.05, 4.69) is 5.32 Å². The predicted octanol–water partition coefficient (Wildman–Crippen LogP) is 6.25. The van der Waals surface area contributed by atoms with E-state index >= 15 is 0 Å². The van der Waals surface area contributed by atoms with Crippen molar-refractivity contribution >= 4 is 46.8 Å². The molecular formula is C27H28Cl2N2O2S. The first kappa shape index (κ1) is 26.1. The molecule has 1 atom stereocenters. The van der Waals surface area contributed by atoms with Crippen LogP contribution in [0.2, 0.25) is 10.0 Å². The van der Waals surface area contributed by atoms with Gasteiger partial charge in [0.05, 0.1) is 5.75 Å². The predicted molar refractivity (Wildman–Crippen MR) is 141 cm³/mol. The lowest BCUT2D eigenvalue weighted by molar-refractivity contribution is -0.139. The second-order valence-corrected chi connectivity index (χ2v) is 10.1.